The van der Waals surface area contributed by atoms with Crippen molar-refractivity contribution in [1.82, 2.24) is 4.90 Å². The fraction of sp³-hybridized carbons (Fsp3) is 0.300. The third kappa shape index (κ3) is 9.03. The van der Waals surface area contributed by atoms with Crippen LogP contribution in [0.5, 0.6) is 0 Å². The third-order valence-corrected chi connectivity index (χ3v) is 4.79. The van der Waals surface area contributed by atoms with Gasteiger partial charge in [0.2, 0.25) is 11.8 Å². The van der Waals surface area contributed by atoms with Gasteiger partial charge in [0.25, 0.3) is 10.1 Å². The van der Waals surface area contributed by atoms with Crippen LogP contribution in [0.2, 0.25) is 0 Å². The molecule has 0 aliphatic rings. The van der Waals surface area contributed by atoms with Gasteiger partial charge in [-0.05, 0) is 61.6 Å². The number of nitrogens with zero attached hydrogens (tertiary/aromatic N) is 3. The molecule has 2 rings (SSSR count). The highest BCUT2D eigenvalue weighted by Crippen LogP contribution is 2.21. The number of likely N-dealkylation sites (N-methyl/N-ethyl adjacent to an activating group) is 1. The van der Waals surface area contributed by atoms with E-state index in [0.29, 0.717) is 29.3 Å². The lowest BCUT2D eigenvalue weighted by Crippen LogP contribution is -2.32. The van der Waals surface area contributed by atoms with E-state index in [0.717, 1.165) is 13.1 Å². The van der Waals surface area contributed by atoms with Gasteiger partial charge in [-0.25, -0.2) is 0 Å². The van der Waals surface area contributed by atoms with Crippen molar-refractivity contribution in [2.75, 3.05) is 36.0 Å². The number of hydrogen-bond donors (Lipinski definition) is 3. The van der Waals surface area contributed by atoms with E-state index in [1.165, 1.54) is 12.1 Å². The summed E-state index contributed by atoms with van der Waals surface area (Å²) in [5.74, 6) is -1.94. The lowest BCUT2D eigenvalue weighted by atomic mass is 10.3. The second-order valence-corrected chi connectivity index (χ2v) is 8.03. The summed E-state index contributed by atoms with van der Waals surface area (Å²) in [4.78, 5) is 25.5. The van der Waals surface area contributed by atoms with Crippen LogP contribution in [-0.4, -0.2) is 55.1 Å². The normalized spacial score (nSPS) is 11.6. The zero-order valence-electron chi connectivity index (χ0n) is 17.3. The fourth-order valence-corrected chi connectivity index (χ4v) is 2.96. The van der Waals surface area contributed by atoms with Gasteiger partial charge in [0, 0.05) is 11.4 Å². The number of carbonyl (C=O) groups excluding carboxylic acids is 2. The van der Waals surface area contributed by atoms with Crippen LogP contribution in [-0.2, 0) is 19.7 Å². The molecule has 2 aromatic rings. The quantitative estimate of drug-likeness (QED) is 0.377. The monoisotopic (exact) mass is 447 g/mol. The standard InChI is InChI=1S/C20H25N5O5S/c1-3-25(4-2)13-19(26)21-15-5-9-17(10-6-15)23-24-18-11-7-16(8-12-18)22-20(27)14-31(28,29)30/h5-12H,3-4,13-14H2,1-2H3,(H,21,26)(H,22,27)(H,28,29,30). The van der Waals surface area contributed by atoms with E-state index in [-0.39, 0.29) is 5.91 Å². The van der Waals surface area contributed by atoms with E-state index in [9.17, 15) is 18.0 Å². The van der Waals surface area contributed by atoms with Crippen molar-refractivity contribution in [3.05, 3.63) is 48.5 Å². The first-order chi connectivity index (χ1) is 14.7. The van der Waals surface area contributed by atoms with Crippen LogP contribution in [0.4, 0.5) is 22.7 Å². The molecule has 2 amide bonds. The van der Waals surface area contributed by atoms with Gasteiger partial charge in [-0.1, -0.05) is 13.8 Å². The topological polar surface area (TPSA) is 141 Å². The molecule has 31 heavy (non-hydrogen) atoms. The maximum Gasteiger partial charge on any atom is 0.274 e. The van der Waals surface area contributed by atoms with Crippen LogP contribution in [0, 0.1) is 0 Å². The average molecular weight is 448 g/mol. The first-order valence-corrected chi connectivity index (χ1v) is 11.2. The molecule has 3 N–H and O–H groups in total. The maximum atomic E-state index is 12.0. The first-order valence-electron chi connectivity index (χ1n) is 9.57. The molecule has 0 heterocycles. The van der Waals surface area contributed by atoms with Crippen molar-refractivity contribution in [2.24, 2.45) is 10.2 Å². The van der Waals surface area contributed by atoms with E-state index in [2.05, 4.69) is 20.9 Å². The highest BCUT2D eigenvalue weighted by molar-refractivity contribution is 7.86. The molecule has 0 aromatic heterocycles. The van der Waals surface area contributed by atoms with Crippen LogP contribution < -0.4 is 10.6 Å². The predicted molar refractivity (Wildman–Crippen MR) is 119 cm³/mol. The number of rotatable bonds is 10. The zero-order valence-corrected chi connectivity index (χ0v) is 18.1. The Morgan fingerprint density at radius 1 is 0.839 bits per heavy atom. The van der Waals surface area contributed by atoms with Gasteiger partial charge in [-0.3, -0.25) is 19.0 Å². The van der Waals surface area contributed by atoms with Crippen molar-refractivity contribution < 1.29 is 22.6 Å². The van der Waals surface area contributed by atoms with Gasteiger partial charge in [0.05, 0.1) is 17.9 Å². The van der Waals surface area contributed by atoms with Gasteiger partial charge in [0.1, 0.15) is 0 Å². The van der Waals surface area contributed by atoms with Crippen molar-refractivity contribution in [3.63, 3.8) is 0 Å². The summed E-state index contributed by atoms with van der Waals surface area (Å²) >= 11 is 0. The Balaban J connectivity index is 1.90. The molecular formula is C20H25N5O5S. The molecule has 0 bridgehead atoms. The van der Waals surface area contributed by atoms with Crippen molar-refractivity contribution in [2.45, 2.75) is 13.8 Å². The number of hydrogen-bond acceptors (Lipinski definition) is 7. The Labute approximate surface area is 181 Å². The van der Waals surface area contributed by atoms with Gasteiger partial charge in [-0.2, -0.15) is 18.6 Å². The number of amides is 2. The molecule has 0 atom stereocenters. The van der Waals surface area contributed by atoms with Crippen molar-refractivity contribution in [1.29, 1.82) is 0 Å². The number of carbonyl (C=O) groups is 2. The van der Waals surface area contributed by atoms with Crippen LogP contribution in [0.3, 0.4) is 0 Å². The lowest BCUT2D eigenvalue weighted by molar-refractivity contribution is -0.117. The minimum Gasteiger partial charge on any atom is -0.325 e. The van der Waals surface area contributed by atoms with Crippen LogP contribution in [0.1, 0.15) is 13.8 Å². The fourth-order valence-electron chi connectivity index (χ4n) is 2.55. The molecule has 0 saturated carbocycles. The molecule has 0 radical (unpaired) electrons. The predicted octanol–water partition coefficient (Wildman–Crippen LogP) is 3.21. The summed E-state index contributed by atoms with van der Waals surface area (Å²) in [7, 11) is -4.38. The molecule has 2 aromatic carbocycles. The summed E-state index contributed by atoms with van der Waals surface area (Å²) in [5, 5.41) is 13.4. The molecule has 0 fully saturated rings. The smallest absolute Gasteiger partial charge is 0.274 e. The summed E-state index contributed by atoms with van der Waals surface area (Å²) < 4.78 is 30.0. The van der Waals surface area contributed by atoms with E-state index in [1.54, 1.807) is 36.4 Å². The Bertz CT molecular complexity index is 1020. The van der Waals surface area contributed by atoms with E-state index >= 15 is 0 Å². The lowest BCUT2D eigenvalue weighted by Gasteiger charge is -2.17. The Hall–Kier alpha value is -3.15. The number of azo groups is 1. The minimum atomic E-state index is -4.38. The Morgan fingerprint density at radius 3 is 1.65 bits per heavy atom. The molecule has 0 unspecified atom stereocenters. The SMILES string of the molecule is CCN(CC)CC(=O)Nc1ccc(N=Nc2ccc(NC(=O)CS(=O)(=O)O)cc2)cc1. The van der Waals surface area contributed by atoms with Gasteiger partial charge in [-0.15, -0.1) is 0 Å². The second-order valence-electron chi connectivity index (χ2n) is 6.58. The van der Waals surface area contributed by atoms with Gasteiger partial charge >= 0.3 is 0 Å². The molecular weight excluding hydrogens is 422 g/mol. The van der Waals surface area contributed by atoms with E-state index in [1.807, 2.05) is 18.7 Å². The van der Waals surface area contributed by atoms with Crippen molar-refractivity contribution >= 4 is 44.7 Å². The van der Waals surface area contributed by atoms with Gasteiger partial charge < -0.3 is 10.6 Å². The van der Waals surface area contributed by atoms with E-state index < -0.39 is 21.8 Å². The Morgan fingerprint density at radius 2 is 1.26 bits per heavy atom. The summed E-state index contributed by atoms with van der Waals surface area (Å²) in [6.07, 6.45) is 0. The highest BCUT2D eigenvalue weighted by Gasteiger charge is 2.12. The van der Waals surface area contributed by atoms with Gasteiger partial charge in [0.15, 0.2) is 5.75 Å². The molecule has 166 valence electrons. The number of nitrogens with one attached hydrogen (secondary N) is 2. The highest BCUT2D eigenvalue weighted by atomic mass is 32.2. The Kier molecular flexibility index (Phi) is 8.79. The number of benzene rings is 2. The summed E-state index contributed by atoms with van der Waals surface area (Å²) in [6, 6.07) is 13.2. The summed E-state index contributed by atoms with van der Waals surface area (Å²) in [5.41, 5.74) is 2.13. The largest absolute Gasteiger partial charge is 0.325 e. The maximum absolute atomic E-state index is 12.0. The van der Waals surface area contributed by atoms with E-state index in [4.69, 9.17) is 4.55 Å². The van der Waals surface area contributed by atoms with Crippen LogP contribution >= 0.6 is 0 Å². The molecule has 0 spiro atoms. The zero-order chi connectivity index (χ0) is 22.9. The molecule has 0 saturated heterocycles. The third-order valence-electron chi connectivity index (χ3n) is 4.16. The van der Waals surface area contributed by atoms with Crippen LogP contribution in [0.25, 0.3) is 0 Å². The molecule has 10 nitrogen and oxygen atoms in total. The number of anilines is 2. The minimum absolute atomic E-state index is 0.0816. The van der Waals surface area contributed by atoms with Crippen molar-refractivity contribution in [3.8, 4) is 0 Å². The molecule has 0 aliphatic carbocycles. The first kappa shape index (κ1) is 24.1. The second kappa shape index (κ2) is 11.3. The summed E-state index contributed by atoms with van der Waals surface area (Å²) in [6.45, 7) is 5.96. The molecule has 0 aliphatic heterocycles. The van der Waals surface area contributed by atoms with Crippen LogP contribution in [0.15, 0.2) is 58.8 Å². The average Bonchev–Trinajstić information content (AvgIpc) is 2.71. The molecule has 11 heteroatoms.